The molecule has 0 spiro atoms. The van der Waals surface area contributed by atoms with Gasteiger partial charge in [0.25, 0.3) is 0 Å². The molecule has 36 heavy (non-hydrogen) atoms. The molecule has 2 nitrogen and oxygen atoms in total. The van der Waals surface area contributed by atoms with Gasteiger partial charge in [-0.25, -0.2) is 4.79 Å². The van der Waals surface area contributed by atoms with E-state index in [9.17, 15) is 4.79 Å². The second-order valence-electron chi connectivity index (χ2n) is 9.56. The van der Waals surface area contributed by atoms with Crippen molar-refractivity contribution in [2.75, 3.05) is 7.11 Å². The van der Waals surface area contributed by atoms with Crippen LogP contribution in [0.4, 0.5) is 0 Å². The van der Waals surface area contributed by atoms with Crippen molar-refractivity contribution < 1.29 is 9.53 Å². The number of ether oxygens (including phenoxy) is 1. The van der Waals surface area contributed by atoms with Gasteiger partial charge in [-0.1, -0.05) is 77.1 Å². The van der Waals surface area contributed by atoms with Gasteiger partial charge in [0.05, 0.1) is 12.7 Å². The summed E-state index contributed by atoms with van der Waals surface area (Å²) >= 11 is 3.52. The first kappa shape index (κ1) is 25.0. The van der Waals surface area contributed by atoms with E-state index in [1.807, 2.05) is 0 Å². The third-order valence-corrected chi connectivity index (χ3v) is 9.03. The van der Waals surface area contributed by atoms with Crippen LogP contribution in [0.2, 0.25) is 0 Å². The molecule has 0 saturated heterocycles. The lowest BCUT2D eigenvalue weighted by Gasteiger charge is -2.22. The Hall–Kier alpha value is -2.69. The minimum absolute atomic E-state index is 0.238. The van der Waals surface area contributed by atoms with Crippen LogP contribution in [-0.2, 0) is 17.6 Å². The van der Waals surface area contributed by atoms with Gasteiger partial charge in [0.1, 0.15) is 0 Å². The summed E-state index contributed by atoms with van der Waals surface area (Å²) in [6.07, 6.45) is 10.8. The first-order chi connectivity index (χ1) is 17.5. The van der Waals surface area contributed by atoms with Gasteiger partial charge in [0.2, 0.25) is 0 Å². The third kappa shape index (κ3) is 5.35. The van der Waals surface area contributed by atoms with Crippen molar-refractivity contribution in [3.63, 3.8) is 0 Å². The lowest BCUT2D eigenvalue weighted by atomic mass is 9.88. The van der Waals surface area contributed by atoms with Crippen LogP contribution in [0.5, 0.6) is 0 Å². The smallest absolute Gasteiger partial charge is 0.339 e. The zero-order valence-electron chi connectivity index (χ0n) is 21.2. The van der Waals surface area contributed by atoms with Crippen molar-refractivity contribution in [1.29, 1.82) is 0 Å². The number of thioether (sulfide) groups is 2. The Kier molecular flexibility index (Phi) is 7.73. The van der Waals surface area contributed by atoms with E-state index >= 15 is 0 Å². The molecule has 2 aliphatic carbocycles. The van der Waals surface area contributed by atoms with Gasteiger partial charge in [-0.15, -0.1) is 0 Å². The van der Waals surface area contributed by atoms with Crippen LogP contribution in [0.25, 0.3) is 9.81 Å². The van der Waals surface area contributed by atoms with E-state index in [2.05, 4.69) is 80.6 Å². The molecule has 0 unspecified atom stereocenters. The molecule has 4 heteroatoms. The molecule has 3 aromatic carbocycles. The molecule has 0 amide bonds. The maximum absolute atomic E-state index is 13.6. The van der Waals surface area contributed by atoms with Crippen molar-refractivity contribution in [2.45, 2.75) is 62.2 Å². The molecule has 0 N–H and O–H groups in total. The number of carbonyl (C=O) groups excluding carboxylic acids is 1. The number of esters is 1. The molecule has 184 valence electrons. The molecule has 0 heterocycles. The van der Waals surface area contributed by atoms with Crippen molar-refractivity contribution >= 4 is 39.3 Å². The largest absolute Gasteiger partial charge is 0.465 e. The summed E-state index contributed by atoms with van der Waals surface area (Å²) < 4.78 is 5.47. The van der Waals surface area contributed by atoms with E-state index in [1.165, 1.54) is 49.0 Å². The van der Waals surface area contributed by atoms with E-state index in [1.54, 1.807) is 23.5 Å². The quantitative estimate of drug-likeness (QED) is 0.319. The molecule has 0 saturated carbocycles. The molecule has 0 aromatic heterocycles. The van der Waals surface area contributed by atoms with E-state index < -0.39 is 0 Å². The number of hydrogen-bond donors (Lipinski definition) is 0. The highest BCUT2D eigenvalue weighted by Gasteiger charge is 2.29. The number of fused-ring (bicyclic) bond motifs is 2. The van der Waals surface area contributed by atoms with Crippen LogP contribution < -0.4 is 0 Å². The first-order valence-corrected chi connectivity index (χ1v) is 14.3. The average molecular weight is 513 g/mol. The van der Waals surface area contributed by atoms with Crippen LogP contribution >= 0.6 is 23.5 Å². The molecule has 5 rings (SSSR count). The van der Waals surface area contributed by atoms with Gasteiger partial charge in [-0.2, -0.15) is 0 Å². The fourth-order valence-electron chi connectivity index (χ4n) is 4.97. The van der Waals surface area contributed by atoms with Gasteiger partial charge in [-0.05, 0) is 87.8 Å². The Labute approximate surface area is 223 Å². The van der Waals surface area contributed by atoms with Gasteiger partial charge < -0.3 is 4.74 Å². The molecule has 2 aliphatic rings. The number of rotatable bonds is 5. The van der Waals surface area contributed by atoms with Gasteiger partial charge in [0, 0.05) is 30.7 Å². The highest BCUT2D eigenvalue weighted by atomic mass is 32.2. The Morgan fingerprint density at radius 1 is 0.722 bits per heavy atom. The van der Waals surface area contributed by atoms with Crippen molar-refractivity contribution in [3.05, 3.63) is 106 Å². The Balaban J connectivity index is 1.68. The highest BCUT2D eigenvalue weighted by Crippen LogP contribution is 2.47. The number of allylic oxidation sites excluding steroid dienone is 2. The summed E-state index contributed by atoms with van der Waals surface area (Å²) in [5, 5.41) is 0. The molecule has 0 aliphatic heterocycles. The van der Waals surface area contributed by atoms with Crippen LogP contribution in [0, 0.1) is 13.8 Å². The summed E-state index contributed by atoms with van der Waals surface area (Å²) in [6.45, 7) is 4.22. The summed E-state index contributed by atoms with van der Waals surface area (Å²) in [5.74, 6) is -0.238. The zero-order valence-corrected chi connectivity index (χ0v) is 22.9. The number of benzene rings is 3. The molecule has 0 bridgehead atoms. The normalized spacial score (nSPS) is 15.1. The topological polar surface area (TPSA) is 26.3 Å². The lowest BCUT2D eigenvalue weighted by molar-refractivity contribution is 0.0600. The first-order valence-electron chi connectivity index (χ1n) is 12.7. The predicted molar refractivity (Wildman–Crippen MR) is 154 cm³/mol. The minimum Gasteiger partial charge on any atom is -0.465 e. The van der Waals surface area contributed by atoms with Crippen LogP contribution in [-0.4, -0.2) is 13.1 Å². The Bertz CT molecular complexity index is 1240. The number of aryl methyl sites for hydroxylation is 4. The predicted octanol–water partition coefficient (Wildman–Crippen LogP) is 9.03. The number of methoxy groups -OCH3 is 1. The summed E-state index contributed by atoms with van der Waals surface area (Å²) in [6, 6.07) is 19.7. The summed E-state index contributed by atoms with van der Waals surface area (Å²) in [5.41, 5.74) is 7.93. The fraction of sp³-hybridized carbons (Fsp3) is 0.281. The minimum atomic E-state index is -0.238. The maximum Gasteiger partial charge on any atom is 0.339 e. The van der Waals surface area contributed by atoms with Gasteiger partial charge >= 0.3 is 5.97 Å². The summed E-state index contributed by atoms with van der Waals surface area (Å²) in [4.78, 5) is 18.3. The number of carbonyl (C=O) groups is 1. The zero-order chi connectivity index (χ0) is 25.1. The van der Waals surface area contributed by atoms with E-state index in [0.29, 0.717) is 0 Å². The van der Waals surface area contributed by atoms with Crippen molar-refractivity contribution in [2.24, 2.45) is 0 Å². The lowest BCUT2D eigenvalue weighted by Crippen LogP contribution is -2.13. The molecule has 3 aromatic rings. The van der Waals surface area contributed by atoms with E-state index in [-0.39, 0.29) is 5.97 Å². The Morgan fingerprint density at radius 2 is 1.17 bits per heavy atom. The van der Waals surface area contributed by atoms with Crippen molar-refractivity contribution in [3.8, 4) is 0 Å². The van der Waals surface area contributed by atoms with Crippen LogP contribution in [0.15, 0.2) is 76.5 Å². The summed E-state index contributed by atoms with van der Waals surface area (Å²) in [7, 11) is 1.51. The highest BCUT2D eigenvalue weighted by molar-refractivity contribution is 8.08. The molecule has 0 radical (unpaired) electrons. The number of hydrogen-bond acceptors (Lipinski definition) is 4. The van der Waals surface area contributed by atoms with Crippen LogP contribution in [0.1, 0.15) is 69.4 Å². The van der Waals surface area contributed by atoms with Gasteiger partial charge in [-0.3, -0.25) is 0 Å². The average Bonchev–Trinajstić information content (AvgIpc) is 3.21. The molecular formula is C32H32O2S2. The third-order valence-electron chi connectivity index (χ3n) is 6.83. The monoisotopic (exact) mass is 512 g/mol. The SMILES string of the molecule is COC(=O)c1c2c(cc3c1C(Sc1ccc(C)cc1)=CCCC3)CCCC=C2Sc1ccc(C)cc1. The maximum atomic E-state index is 13.6. The fourth-order valence-corrected chi connectivity index (χ4v) is 7.10. The van der Waals surface area contributed by atoms with Crippen LogP contribution in [0.3, 0.4) is 0 Å². The van der Waals surface area contributed by atoms with Crippen molar-refractivity contribution in [1.82, 2.24) is 0 Å². The van der Waals surface area contributed by atoms with E-state index in [4.69, 9.17) is 4.74 Å². The molecule has 0 atom stereocenters. The molecule has 0 fully saturated rings. The van der Waals surface area contributed by atoms with E-state index in [0.717, 1.165) is 55.2 Å². The second kappa shape index (κ2) is 11.1. The van der Waals surface area contributed by atoms with Gasteiger partial charge in [0.15, 0.2) is 0 Å². The second-order valence-corrected chi connectivity index (χ2v) is 11.8. The molecular weight excluding hydrogens is 480 g/mol. The Morgan fingerprint density at radius 3 is 1.58 bits per heavy atom. The standard InChI is InChI=1S/C32H32O2S2/c1-21-12-16-25(17-13-21)35-27-10-6-4-8-23-20-24-9-5-7-11-28(36-26-18-14-22(2)15-19-26)30(24)31(29(23)27)32(33)34-3/h10-20H,4-9H2,1-3H3.